The van der Waals surface area contributed by atoms with Gasteiger partial charge in [0.1, 0.15) is 0 Å². The Morgan fingerprint density at radius 2 is 1.30 bits per heavy atom. The molecule has 2 aliphatic carbocycles. The van der Waals surface area contributed by atoms with E-state index in [-0.39, 0.29) is 29.1 Å². The number of fused-ring (bicyclic) bond motifs is 12. The van der Waals surface area contributed by atoms with Crippen LogP contribution in [0.5, 0.6) is 0 Å². The van der Waals surface area contributed by atoms with Crippen LogP contribution in [0.1, 0.15) is 60.2 Å². The van der Waals surface area contributed by atoms with Gasteiger partial charge in [-0.3, -0.25) is 5.01 Å². The molecule has 0 radical (unpaired) electrons. The quantitative estimate of drug-likeness (QED) is 0.177. The van der Waals surface area contributed by atoms with Crippen LogP contribution in [0.25, 0.3) is 55.8 Å². The highest BCUT2D eigenvalue weighted by Crippen LogP contribution is 2.65. The third-order valence-corrected chi connectivity index (χ3v) is 14.9. The Kier molecular flexibility index (Phi) is 6.85. The van der Waals surface area contributed by atoms with E-state index in [0.717, 1.165) is 6.42 Å². The molecule has 7 aromatic carbocycles. The molecule has 60 heavy (non-hydrogen) atoms. The minimum Gasteiger partial charge on any atom is -0.352 e. The Balaban J connectivity index is 1.05. The number of anilines is 1. The Labute approximate surface area is 351 Å². The fraction of sp³-hybridized carbons (Fsp3) is 0.179. The van der Waals surface area contributed by atoms with Crippen molar-refractivity contribution >= 4 is 44.7 Å². The summed E-state index contributed by atoms with van der Waals surface area (Å²) in [6.45, 7) is 7.48. The summed E-state index contributed by atoms with van der Waals surface area (Å²) in [5, 5.41) is 7.89. The van der Waals surface area contributed by atoms with Crippen LogP contribution in [0.3, 0.4) is 0 Å². The van der Waals surface area contributed by atoms with Crippen LogP contribution in [-0.2, 0) is 11.8 Å². The Morgan fingerprint density at radius 1 is 0.583 bits per heavy atom. The minimum absolute atomic E-state index is 0.0896. The predicted molar refractivity (Wildman–Crippen MR) is 248 cm³/mol. The zero-order valence-electron chi connectivity index (χ0n) is 34.5. The van der Waals surface area contributed by atoms with Gasteiger partial charge in [0.25, 0.3) is 0 Å². The molecule has 1 fully saturated rings. The number of allylic oxidation sites excluding steroid dienone is 1. The van der Waals surface area contributed by atoms with E-state index in [0.29, 0.717) is 0 Å². The summed E-state index contributed by atoms with van der Waals surface area (Å²) in [6.07, 6.45) is 3.46. The van der Waals surface area contributed by atoms with Crippen LogP contribution in [-0.4, -0.2) is 39.3 Å². The molecule has 1 aromatic heterocycles. The molecule has 3 aliphatic heterocycles. The zero-order valence-corrected chi connectivity index (χ0v) is 34.5. The van der Waals surface area contributed by atoms with Gasteiger partial charge in [-0.1, -0.05) is 141 Å². The van der Waals surface area contributed by atoms with Crippen molar-refractivity contribution in [2.45, 2.75) is 56.3 Å². The second-order valence-electron chi connectivity index (χ2n) is 18.4. The second-order valence-corrected chi connectivity index (χ2v) is 18.4. The van der Waals surface area contributed by atoms with Crippen molar-refractivity contribution in [2.75, 3.05) is 11.9 Å². The molecule has 4 atom stereocenters. The number of nitrogens with zero attached hydrogens (tertiary/aromatic N) is 4. The van der Waals surface area contributed by atoms with Crippen molar-refractivity contribution in [1.82, 2.24) is 14.6 Å². The average Bonchev–Trinajstić information content (AvgIpc) is 3.84. The number of rotatable bonds is 4. The smallest absolute Gasteiger partial charge is 0.0901 e. The molecule has 8 aromatic rings. The van der Waals surface area contributed by atoms with E-state index in [1.54, 1.807) is 0 Å². The van der Waals surface area contributed by atoms with E-state index in [4.69, 9.17) is 0 Å². The maximum Gasteiger partial charge on any atom is 0.0901 e. The number of likely N-dealkylation sites (N-methyl/N-ethyl adjacent to an activating group) is 1. The highest BCUT2D eigenvalue weighted by Gasteiger charge is 2.65. The summed E-state index contributed by atoms with van der Waals surface area (Å²) in [4.78, 5) is 2.89. The molecule has 290 valence electrons. The molecule has 0 N–H and O–H groups in total. The highest BCUT2D eigenvalue weighted by molar-refractivity contribution is 6.09. The Morgan fingerprint density at radius 3 is 2.15 bits per heavy atom. The molecule has 1 saturated heterocycles. The second kappa shape index (κ2) is 12.0. The van der Waals surface area contributed by atoms with Crippen LogP contribution in [0.15, 0.2) is 176 Å². The van der Waals surface area contributed by atoms with Crippen molar-refractivity contribution < 1.29 is 0 Å². The Hall–Kier alpha value is -6.62. The molecule has 13 rings (SSSR count). The van der Waals surface area contributed by atoms with Gasteiger partial charge in [-0.2, -0.15) is 0 Å². The minimum atomic E-state index is -0.242. The average molecular weight is 775 g/mol. The van der Waals surface area contributed by atoms with E-state index in [1.165, 1.54) is 94.5 Å². The maximum absolute atomic E-state index is 2.89. The summed E-state index contributed by atoms with van der Waals surface area (Å²) in [5.74, 6) is 0. The SMILES string of the molecule is CN1[C@H]2C(c3ccc4c(c3)c3ccccc3n4-c3ccccc3)N1C1=C(c3ccc(-c4ccccc4)cc3C1(C)C)C2N1c2ccccc2C2=Cc3ccccc3CC21C. The number of aromatic nitrogens is 1. The summed E-state index contributed by atoms with van der Waals surface area (Å²) < 4.78 is 2.43. The van der Waals surface area contributed by atoms with Gasteiger partial charge in [0.05, 0.1) is 34.7 Å². The topological polar surface area (TPSA) is 14.7 Å². The molecule has 0 saturated carbocycles. The predicted octanol–water partition coefficient (Wildman–Crippen LogP) is 12.5. The molecule has 0 amide bonds. The van der Waals surface area contributed by atoms with Crippen molar-refractivity contribution in [3.05, 3.63) is 209 Å². The third kappa shape index (κ3) is 4.34. The van der Waals surface area contributed by atoms with Gasteiger partial charge in [-0.25, -0.2) is 5.01 Å². The molecular weight excluding hydrogens is 729 g/mol. The van der Waals surface area contributed by atoms with Crippen LogP contribution < -0.4 is 4.90 Å². The normalized spacial score (nSPS) is 23.2. The molecule has 4 heterocycles. The van der Waals surface area contributed by atoms with Gasteiger partial charge in [0.15, 0.2) is 0 Å². The van der Waals surface area contributed by atoms with E-state index < -0.39 is 0 Å². The van der Waals surface area contributed by atoms with Gasteiger partial charge < -0.3 is 9.47 Å². The van der Waals surface area contributed by atoms with Crippen molar-refractivity contribution in [3.8, 4) is 16.8 Å². The van der Waals surface area contributed by atoms with Gasteiger partial charge in [-0.05, 0) is 100.0 Å². The van der Waals surface area contributed by atoms with Crippen molar-refractivity contribution in [3.63, 3.8) is 0 Å². The number of benzene rings is 7. The molecule has 2 bridgehead atoms. The number of hydrogen-bond acceptors (Lipinski definition) is 3. The Bertz CT molecular complexity index is 3170. The lowest BCUT2D eigenvalue weighted by Crippen LogP contribution is -2.75. The molecule has 5 aliphatic rings. The summed E-state index contributed by atoms with van der Waals surface area (Å²) in [5.41, 5.74) is 19.8. The van der Waals surface area contributed by atoms with Crippen LogP contribution in [0.2, 0.25) is 0 Å². The fourth-order valence-corrected chi connectivity index (χ4v) is 12.4. The molecule has 4 heteroatoms. The molecule has 3 unspecified atom stereocenters. The van der Waals surface area contributed by atoms with Crippen LogP contribution in [0, 0.1) is 0 Å². The van der Waals surface area contributed by atoms with E-state index in [2.05, 4.69) is 223 Å². The first kappa shape index (κ1) is 34.3. The van der Waals surface area contributed by atoms with Gasteiger partial charge in [0.2, 0.25) is 0 Å². The molecular formula is C56H46N4. The standard InChI is InChI=1S/C56H46N4/c1-55(2)45-32-37(35-17-7-5-8-18-35)27-29-43(45)50-52(59-49-26-16-14-24-42(49)46-33-36-19-11-12-20-39(36)34-56(46,59)3)53-51(60(54(50)55)57(53)4)38-28-30-48-44(31-38)41-23-13-15-25-47(41)58(48)40-21-9-6-10-22-40/h5-33,51-53H,34H2,1-4H3/t51?,52?,53-,56?/m0/s1. The van der Waals surface area contributed by atoms with Gasteiger partial charge in [-0.15, -0.1) is 0 Å². The van der Waals surface area contributed by atoms with E-state index >= 15 is 0 Å². The lowest BCUT2D eigenvalue weighted by Gasteiger charge is -2.67. The highest BCUT2D eigenvalue weighted by atomic mass is 15.7. The first-order valence-corrected chi connectivity index (χ1v) is 21.6. The summed E-state index contributed by atoms with van der Waals surface area (Å²) in [6, 6.07) is 64.1. The summed E-state index contributed by atoms with van der Waals surface area (Å²) in [7, 11) is 2.35. The lowest BCUT2D eigenvalue weighted by atomic mass is 9.72. The lowest BCUT2D eigenvalue weighted by molar-refractivity contribution is -0.191. The number of hydrogen-bond donors (Lipinski definition) is 0. The molecule has 0 spiro atoms. The largest absolute Gasteiger partial charge is 0.352 e. The van der Waals surface area contributed by atoms with Gasteiger partial charge in [0, 0.05) is 57.9 Å². The van der Waals surface area contributed by atoms with E-state index in [9.17, 15) is 0 Å². The van der Waals surface area contributed by atoms with Crippen molar-refractivity contribution in [1.29, 1.82) is 0 Å². The maximum atomic E-state index is 2.89. The monoisotopic (exact) mass is 774 g/mol. The summed E-state index contributed by atoms with van der Waals surface area (Å²) >= 11 is 0. The van der Waals surface area contributed by atoms with Gasteiger partial charge >= 0.3 is 0 Å². The first-order valence-electron chi connectivity index (χ1n) is 21.6. The van der Waals surface area contributed by atoms with Crippen LogP contribution >= 0.6 is 0 Å². The molecule has 4 nitrogen and oxygen atoms in total. The van der Waals surface area contributed by atoms with Crippen molar-refractivity contribution in [2.24, 2.45) is 0 Å². The fourth-order valence-electron chi connectivity index (χ4n) is 12.4. The van der Waals surface area contributed by atoms with E-state index in [1.807, 2.05) is 0 Å². The zero-order chi connectivity index (χ0) is 40.1. The van der Waals surface area contributed by atoms with Crippen LogP contribution in [0.4, 0.5) is 5.69 Å². The first-order chi connectivity index (χ1) is 29.3. The number of para-hydroxylation sites is 3. The third-order valence-electron chi connectivity index (χ3n) is 14.9. The number of hydrazine groups is 1.